The Hall–Kier alpha value is -2.82. The van der Waals surface area contributed by atoms with Gasteiger partial charge in [0.05, 0.1) is 6.54 Å². The number of nitrogens with zero attached hydrogens (tertiary/aromatic N) is 1. The summed E-state index contributed by atoms with van der Waals surface area (Å²) in [6, 6.07) is 13.1. The van der Waals surface area contributed by atoms with Crippen molar-refractivity contribution in [3.8, 4) is 0 Å². The van der Waals surface area contributed by atoms with Crippen LogP contribution in [0.25, 0.3) is 0 Å². The predicted octanol–water partition coefficient (Wildman–Crippen LogP) is 3.84. The topological polar surface area (TPSA) is 61.4 Å². The fourth-order valence-corrected chi connectivity index (χ4v) is 2.80. The first-order chi connectivity index (χ1) is 12.5. The average molecular weight is 353 g/mol. The second kappa shape index (κ2) is 9.04. The summed E-state index contributed by atoms with van der Waals surface area (Å²) in [5.41, 5.74) is 4.40. The number of hydrogen-bond donors (Lipinski definition) is 2. The van der Waals surface area contributed by atoms with Crippen LogP contribution >= 0.6 is 0 Å². The lowest BCUT2D eigenvalue weighted by atomic mass is 10.1. The van der Waals surface area contributed by atoms with Gasteiger partial charge in [-0.1, -0.05) is 18.2 Å². The summed E-state index contributed by atoms with van der Waals surface area (Å²) in [6.07, 6.45) is 0. The molecule has 0 aromatic heterocycles. The van der Waals surface area contributed by atoms with Gasteiger partial charge in [-0.15, -0.1) is 0 Å². The highest BCUT2D eigenvalue weighted by Crippen LogP contribution is 2.19. The number of carbonyl (C=O) groups is 2. The van der Waals surface area contributed by atoms with Gasteiger partial charge >= 0.3 is 0 Å². The molecule has 0 heterocycles. The van der Waals surface area contributed by atoms with Crippen molar-refractivity contribution < 1.29 is 9.59 Å². The minimum Gasteiger partial charge on any atom is -0.376 e. The molecule has 0 fully saturated rings. The summed E-state index contributed by atoms with van der Waals surface area (Å²) in [4.78, 5) is 26.3. The first-order valence-electron chi connectivity index (χ1n) is 8.95. The molecule has 2 aromatic rings. The van der Waals surface area contributed by atoms with E-state index < -0.39 is 0 Å². The number of benzene rings is 2. The zero-order valence-electron chi connectivity index (χ0n) is 15.9. The predicted molar refractivity (Wildman–Crippen MR) is 107 cm³/mol. The minimum absolute atomic E-state index is 0.0225. The van der Waals surface area contributed by atoms with Gasteiger partial charge in [-0.25, -0.2) is 0 Å². The van der Waals surface area contributed by atoms with Crippen LogP contribution in [0, 0.1) is 13.8 Å². The fraction of sp³-hybridized carbons (Fsp3) is 0.333. The van der Waals surface area contributed by atoms with E-state index in [0.29, 0.717) is 18.7 Å². The fourth-order valence-electron chi connectivity index (χ4n) is 2.80. The maximum absolute atomic E-state index is 12.3. The SMILES string of the molecule is CCN(CC)C(=O)c1ccc(NCC(=O)Nc2c(C)cccc2C)cc1. The van der Waals surface area contributed by atoms with Crippen molar-refractivity contribution in [2.75, 3.05) is 30.3 Å². The second-order valence-corrected chi connectivity index (χ2v) is 6.22. The van der Waals surface area contributed by atoms with Crippen LogP contribution in [0.4, 0.5) is 11.4 Å². The first-order valence-corrected chi connectivity index (χ1v) is 8.95. The van der Waals surface area contributed by atoms with Gasteiger partial charge in [-0.3, -0.25) is 9.59 Å². The molecule has 0 aliphatic rings. The molecule has 0 saturated carbocycles. The Balaban J connectivity index is 1.93. The van der Waals surface area contributed by atoms with Crippen molar-refractivity contribution in [1.82, 2.24) is 4.90 Å². The Morgan fingerprint density at radius 3 is 2.04 bits per heavy atom. The quantitative estimate of drug-likeness (QED) is 0.795. The third-order valence-electron chi connectivity index (χ3n) is 4.38. The summed E-state index contributed by atoms with van der Waals surface area (Å²) < 4.78 is 0. The average Bonchev–Trinajstić information content (AvgIpc) is 2.64. The molecule has 5 nitrogen and oxygen atoms in total. The van der Waals surface area contributed by atoms with Gasteiger partial charge in [0.15, 0.2) is 0 Å². The van der Waals surface area contributed by atoms with Crippen molar-refractivity contribution >= 4 is 23.2 Å². The monoisotopic (exact) mass is 353 g/mol. The molecule has 0 saturated heterocycles. The van der Waals surface area contributed by atoms with E-state index in [-0.39, 0.29) is 18.4 Å². The number of nitrogens with one attached hydrogen (secondary N) is 2. The smallest absolute Gasteiger partial charge is 0.253 e. The Morgan fingerprint density at radius 1 is 0.923 bits per heavy atom. The summed E-state index contributed by atoms with van der Waals surface area (Å²) >= 11 is 0. The second-order valence-electron chi connectivity index (χ2n) is 6.22. The van der Waals surface area contributed by atoms with Crippen LogP contribution in [0.3, 0.4) is 0 Å². The summed E-state index contributed by atoms with van der Waals surface area (Å²) in [5, 5.41) is 6.04. The lowest BCUT2D eigenvalue weighted by molar-refractivity contribution is -0.114. The molecule has 0 unspecified atom stereocenters. The molecule has 26 heavy (non-hydrogen) atoms. The highest BCUT2D eigenvalue weighted by molar-refractivity contribution is 5.96. The van der Waals surface area contributed by atoms with Gasteiger partial charge in [0.1, 0.15) is 0 Å². The molecule has 0 bridgehead atoms. The summed E-state index contributed by atoms with van der Waals surface area (Å²) in [7, 11) is 0. The van der Waals surface area contributed by atoms with Crippen molar-refractivity contribution in [3.05, 3.63) is 59.2 Å². The van der Waals surface area contributed by atoms with E-state index in [1.807, 2.05) is 58.0 Å². The van der Waals surface area contributed by atoms with Crippen molar-refractivity contribution in [2.45, 2.75) is 27.7 Å². The summed E-state index contributed by atoms with van der Waals surface area (Å²) in [6.45, 7) is 9.42. The van der Waals surface area contributed by atoms with Crippen LogP contribution in [0.1, 0.15) is 35.3 Å². The van der Waals surface area contributed by atoms with E-state index >= 15 is 0 Å². The Kier molecular flexibility index (Phi) is 6.78. The van der Waals surface area contributed by atoms with E-state index in [9.17, 15) is 9.59 Å². The van der Waals surface area contributed by atoms with Crippen molar-refractivity contribution in [1.29, 1.82) is 0 Å². The molecule has 2 rings (SSSR count). The highest BCUT2D eigenvalue weighted by atomic mass is 16.2. The first kappa shape index (κ1) is 19.5. The van der Waals surface area contributed by atoms with Crippen LogP contribution in [0.15, 0.2) is 42.5 Å². The zero-order chi connectivity index (χ0) is 19.1. The van der Waals surface area contributed by atoms with Gasteiger partial charge in [0.25, 0.3) is 5.91 Å². The maximum atomic E-state index is 12.3. The number of para-hydroxylation sites is 1. The third-order valence-corrected chi connectivity index (χ3v) is 4.38. The molecule has 0 aliphatic carbocycles. The molecule has 5 heteroatoms. The molecular formula is C21H27N3O2. The molecule has 2 aromatic carbocycles. The summed E-state index contributed by atoms with van der Waals surface area (Å²) in [5.74, 6) is -0.0833. The van der Waals surface area contributed by atoms with Gasteiger partial charge in [0, 0.05) is 30.0 Å². The van der Waals surface area contributed by atoms with Crippen molar-refractivity contribution in [2.24, 2.45) is 0 Å². The molecule has 0 atom stereocenters. The zero-order valence-corrected chi connectivity index (χ0v) is 15.9. The standard InChI is InChI=1S/C21H27N3O2/c1-5-24(6-2)21(26)17-10-12-18(13-11-17)22-14-19(25)23-20-15(3)8-7-9-16(20)4/h7-13,22H,5-6,14H2,1-4H3,(H,23,25). The Morgan fingerprint density at radius 2 is 1.50 bits per heavy atom. The lowest BCUT2D eigenvalue weighted by Crippen LogP contribution is -2.30. The molecular weight excluding hydrogens is 326 g/mol. The molecule has 0 aliphatic heterocycles. The van der Waals surface area contributed by atoms with E-state index in [4.69, 9.17) is 0 Å². The number of anilines is 2. The van der Waals surface area contributed by atoms with Crippen LogP contribution in [-0.2, 0) is 4.79 Å². The van der Waals surface area contributed by atoms with Gasteiger partial charge in [0.2, 0.25) is 5.91 Å². The van der Waals surface area contributed by atoms with E-state index in [1.165, 1.54) is 0 Å². The van der Waals surface area contributed by atoms with Gasteiger partial charge < -0.3 is 15.5 Å². The van der Waals surface area contributed by atoms with Crippen LogP contribution in [0.5, 0.6) is 0 Å². The van der Waals surface area contributed by atoms with Gasteiger partial charge in [-0.2, -0.15) is 0 Å². The number of amides is 2. The number of carbonyl (C=O) groups excluding carboxylic acids is 2. The van der Waals surface area contributed by atoms with E-state index in [1.54, 1.807) is 17.0 Å². The minimum atomic E-state index is -0.106. The maximum Gasteiger partial charge on any atom is 0.253 e. The normalized spacial score (nSPS) is 10.3. The number of aryl methyl sites for hydroxylation is 2. The van der Waals surface area contributed by atoms with E-state index in [2.05, 4.69) is 10.6 Å². The van der Waals surface area contributed by atoms with Crippen molar-refractivity contribution in [3.63, 3.8) is 0 Å². The van der Waals surface area contributed by atoms with Crippen LogP contribution in [-0.4, -0.2) is 36.3 Å². The molecule has 0 radical (unpaired) electrons. The molecule has 2 N–H and O–H groups in total. The third kappa shape index (κ3) is 4.85. The Labute approximate surface area is 155 Å². The van der Waals surface area contributed by atoms with Gasteiger partial charge in [-0.05, 0) is 63.1 Å². The van der Waals surface area contributed by atoms with Crippen LogP contribution in [0.2, 0.25) is 0 Å². The highest BCUT2D eigenvalue weighted by Gasteiger charge is 2.12. The lowest BCUT2D eigenvalue weighted by Gasteiger charge is -2.18. The van der Waals surface area contributed by atoms with Crippen LogP contribution < -0.4 is 10.6 Å². The largest absolute Gasteiger partial charge is 0.376 e. The molecule has 138 valence electrons. The number of hydrogen-bond acceptors (Lipinski definition) is 3. The van der Waals surface area contributed by atoms with E-state index in [0.717, 1.165) is 22.5 Å². The molecule has 2 amide bonds. The molecule has 0 spiro atoms. The number of rotatable bonds is 7. The Bertz CT molecular complexity index is 745.